The van der Waals surface area contributed by atoms with Gasteiger partial charge >= 0.3 is 0 Å². The number of nitrogens with zero attached hydrogens (tertiary/aromatic N) is 3. The molecule has 2 fully saturated rings. The Morgan fingerprint density at radius 1 is 1.23 bits per heavy atom. The first-order valence-corrected chi connectivity index (χ1v) is 10.1. The molecule has 2 aliphatic rings. The van der Waals surface area contributed by atoms with E-state index in [9.17, 15) is 4.79 Å². The molecule has 26 heavy (non-hydrogen) atoms. The van der Waals surface area contributed by atoms with E-state index in [0.717, 1.165) is 56.5 Å². The predicted octanol–water partition coefficient (Wildman–Crippen LogP) is 3.45. The van der Waals surface area contributed by atoms with Crippen LogP contribution < -0.4 is 5.73 Å². The van der Waals surface area contributed by atoms with Gasteiger partial charge in [-0.05, 0) is 58.1 Å². The van der Waals surface area contributed by atoms with Crippen molar-refractivity contribution in [1.29, 1.82) is 0 Å². The molecular formula is C21H30N4O. The lowest BCUT2D eigenvalue weighted by Crippen LogP contribution is -2.42. The van der Waals surface area contributed by atoms with Crippen molar-refractivity contribution in [3.63, 3.8) is 0 Å². The van der Waals surface area contributed by atoms with E-state index in [0.29, 0.717) is 17.9 Å². The number of hydrogen-bond acceptors (Lipinski definition) is 3. The fourth-order valence-electron chi connectivity index (χ4n) is 4.78. The van der Waals surface area contributed by atoms with Gasteiger partial charge < -0.3 is 15.2 Å². The third kappa shape index (κ3) is 3.13. The maximum Gasteiger partial charge on any atom is 0.225 e. The molecule has 2 aromatic rings. The average Bonchev–Trinajstić information content (AvgIpc) is 3.24. The monoisotopic (exact) mass is 354 g/mol. The number of carbonyl (C=O) groups is 1. The molecule has 0 spiro atoms. The summed E-state index contributed by atoms with van der Waals surface area (Å²) >= 11 is 0. The van der Waals surface area contributed by atoms with Gasteiger partial charge in [0.1, 0.15) is 5.82 Å². The van der Waals surface area contributed by atoms with E-state index in [1.165, 1.54) is 5.52 Å². The number of aromatic nitrogens is 2. The number of hydrogen-bond donors (Lipinski definition) is 1. The average molecular weight is 354 g/mol. The molecule has 5 heteroatoms. The van der Waals surface area contributed by atoms with Gasteiger partial charge in [0.25, 0.3) is 0 Å². The summed E-state index contributed by atoms with van der Waals surface area (Å²) in [5.41, 5.74) is 8.28. The standard InChI is InChI=1S/C21H30N4O/c1-14(2)25-19-8-4-3-7-18(19)23-20(25)16-6-5-11-24(13-16)21(26)15-9-10-17(22)12-15/h3-4,7-8,14-17H,5-6,9-13,22H2,1-2H3. The van der Waals surface area contributed by atoms with Crippen LogP contribution in [0.3, 0.4) is 0 Å². The van der Waals surface area contributed by atoms with Gasteiger partial charge in [-0.1, -0.05) is 12.1 Å². The van der Waals surface area contributed by atoms with E-state index < -0.39 is 0 Å². The van der Waals surface area contributed by atoms with Gasteiger partial charge in [-0.3, -0.25) is 4.79 Å². The molecule has 1 aliphatic carbocycles. The number of fused-ring (bicyclic) bond motifs is 1. The number of para-hydroxylation sites is 2. The summed E-state index contributed by atoms with van der Waals surface area (Å²) in [6.45, 7) is 6.09. The minimum absolute atomic E-state index is 0.132. The second-order valence-corrected chi connectivity index (χ2v) is 8.32. The Morgan fingerprint density at radius 3 is 2.77 bits per heavy atom. The van der Waals surface area contributed by atoms with Gasteiger partial charge in [-0.2, -0.15) is 0 Å². The summed E-state index contributed by atoms with van der Waals surface area (Å²) in [5, 5.41) is 0. The minimum Gasteiger partial charge on any atom is -0.342 e. The molecule has 140 valence electrons. The Bertz CT molecular complexity index is 796. The van der Waals surface area contributed by atoms with E-state index >= 15 is 0 Å². The first-order chi connectivity index (χ1) is 12.5. The first kappa shape index (κ1) is 17.5. The lowest BCUT2D eigenvalue weighted by Gasteiger charge is -2.34. The van der Waals surface area contributed by atoms with E-state index in [2.05, 4.69) is 41.5 Å². The Kier molecular flexibility index (Phi) is 4.74. The summed E-state index contributed by atoms with van der Waals surface area (Å²) in [6.07, 6.45) is 4.94. The lowest BCUT2D eigenvalue weighted by molar-refractivity contribution is -0.136. The van der Waals surface area contributed by atoms with Crippen LogP contribution in [0.5, 0.6) is 0 Å². The van der Waals surface area contributed by atoms with Crippen LogP contribution in [0.2, 0.25) is 0 Å². The van der Waals surface area contributed by atoms with E-state index in [-0.39, 0.29) is 12.0 Å². The minimum atomic E-state index is 0.132. The quantitative estimate of drug-likeness (QED) is 0.918. The van der Waals surface area contributed by atoms with Crippen molar-refractivity contribution in [1.82, 2.24) is 14.5 Å². The van der Waals surface area contributed by atoms with Crippen LogP contribution >= 0.6 is 0 Å². The Morgan fingerprint density at radius 2 is 2.04 bits per heavy atom. The zero-order valence-corrected chi connectivity index (χ0v) is 15.9. The summed E-state index contributed by atoms with van der Waals surface area (Å²) in [4.78, 5) is 20.0. The molecule has 3 unspecified atom stereocenters. The largest absolute Gasteiger partial charge is 0.342 e. The van der Waals surface area contributed by atoms with Gasteiger partial charge in [0, 0.05) is 37.0 Å². The molecule has 1 amide bonds. The molecule has 1 aliphatic heterocycles. The van der Waals surface area contributed by atoms with Crippen LogP contribution in [-0.2, 0) is 4.79 Å². The van der Waals surface area contributed by atoms with Crippen molar-refractivity contribution in [2.75, 3.05) is 13.1 Å². The topological polar surface area (TPSA) is 64.2 Å². The van der Waals surface area contributed by atoms with E-state index in [4.69, 9.17) is 10.7 Å². The molecule has 1 saturated heterocycles. The smallest absolute Gasteiger partial charge is 0.225 e. The third-order valence-corrected chi connectivity index (χ3v) is 6.06. The van der Waals surface area contributed by atoms with Crippen LogP contribution in [-0.4, -0.2) is 39.5 Å². The van der Waals surface area contributed by atoms with Crippen LogP contribution in [0.4, 0.5) is 0 Å². The number of piperidine rings is 1. The van der Waals surface area contributed by atoms with Crippen LogP contribution in [0.1, 0.15) is 63.7 Å². The van der Waals surface area contributed by atoms with Crippen molar-refractivity contribution >= 4 is 16.9 Å². The number of rotatable bonds is 3. The number of benzene rings is 1. The molecule has 5 nitrogen and oxygen atoms in total. The van der Waals surface area contributed by atoms with Crippen molar-refractivity contribution in [2.24, 2.45) is 11.7 Å². The van der Waals surface area contributed by atoms with Crippen molar-refractivity contribution in [3.8, 4) is 0 Å². The van der Waals surface area contributed by atoms with Crippen LogP contribution in [0.15, 0.2) is 24.3 Å². The predicted molar refractivity (Wildman–Crippen MR) is 104 cm³/mol. The number of amides is 1. The van der Waals surface area contributed by atoms with Crippen LogP contribution in [0, 0.1) is 5.92 Å². The fourth-order valence-corrected chi connectivity index (χ4v) is 4.78. The molecule has 0 radical (unpaired) electrons. The van der Waals surface area contributed by atoms with Gasteiger partial charge in [0.15, 0.2) is 0 Å². The molecule has 1 aromatic heterocycles. The molecule has 2 N–H and O–H groups in total. The molecular weight excluding hydrogens is 324 g/mol. The number of imidazole rings is 1. The third-order valence-electron chi connectivity index (χ3n) is 6.06. The Balaban J connectivity index is 1.59. The highest BCUT2D eigenvalue weighted by Gasteiger charge is 2.35. The number of carbonyl (C=O) groups excluding carboxylic acids is 1. The SMILES string of the molecule is CC(C)n1c(C2CCCN(C(=O)C3CCC(N)C3)C2)nc2ccccc21. The van der Waals surface area contributed by atoms with Gasteiger partial charge in [0.05, 0.1) is 11.0 Å². The molecule has 1 aromatic carbocycles. The van der Waals surface area contributed by atoms with Gasteiger partial charge in [-0.15, -0.1) is 0 Å². The highest BCUT2D eigenvalue weighted by molar-refractivity contribution is 5.79. The second kappa shape index (κ2) is 7.03. The molecule has 2 heterocycles. The zero-order chi connectivity index (χ0) is 18.3. The van der Waals surface area contributed by atoms with Crippen molar-refractivity contribution in [3.05, 3.63) is 30.1 Å². The molecule has 3 atom stereocenters. The van der Waals surface area contributed by atoms with E-state index in [1.807, 2.05) is 6.07 Å². The summed E-state index contributed by atoms with van der Waals surface area (Å²) in [5.74, 6) is 1.90. The summed E-state index contributed by atoms with van der Waals surface area (Å²) in [6, 6.07) is 8.92. The van der Waals surface area contributed by atoms with Crippen molar-refractivity contribution in [2.45, 2.75) is 64.0 Å². The Labute approximate surface area is 155 Å². The number of nitrogens with two attached hydrogens (primary N) is 1. The maximum atomic E-state index is 13.0. The molecule has 0 bridgehead atoms. The van der Waals surface area contributed by atoms with Gasteiger partial charge in [0.2, 0.25) is 5.91 Å². The Hall–Kier alpha value is -1.88. The van der Waals surface area contributed by atoms with Crippen molar-refractivity contribution < 1.29 is 4.79 Å². The van der Waals surface area contributed by atoms with E-state index in [1.54, 1.807) is 0 Å². The highest BCUT2D eigenvalue weighted by atomic mass is 16.2. The zero-order valence-electron chi connectivity index (χ0n) is 15.9. The fraction of sp³-hybridized carbons (Fsp3) is 0.619. The molecule has 4 rings (SSSR count). The summed E-state index contributed by atoms with van der Waals surface area (Å²) < 4.78 is 2.36. The van der Waals surface area contributed by atoms with Gasteiger partial charge in [-0.25, -0.2) is 4.98 Å². The number of likely N-dealkylation sites (tertiary alicyclic amines) is 1. The maximum absolute atomic E-state index is 13.0. The summed E-state index contributed by atoms with van der Waals surface area (Å²) in [7, 11) is 0. The molecule has 1 saturated carbocycles. The lowest BCUT2D eigenvalue weighted by atomic mass is 9.95. The van der Waals surface area contributed by atoms with Crippen LogP contribution in [0.25, 0.3) is 11.0 Å². The normalized spacial score (nSPS) is 26.8. The first-order valence-electron chi connectivity index (χ1n) is 10.1. The highest BCUT2D eigenvalue weighted by Crippen LogP contribution is 2.33. The second-order valence-electron chi connectivity index (χ2n) is 8.32.